The summed E-state index contributed by atoms with van der Waals surface area (Å²) in [5.41, 5.74) is 1.46. The van der Waals surface area contributed by atoms with Crippen molar-refractivity contribution < 1.29 is 9.66 Å². The molecule has 0 spiro atoms. The summed E-state index contributed by atoms with van der Waals surface area (Å²) in [5.74, 6) is 0. The molecule has 0 N–H and O–H groups in total. The molecule has 1 unspecified atom stereocenters. The number of rotatable bonds is 11. The SMILES string of the molecule is CCC(CCOCc1ccccc1[N+](=O)[O-])[Si](C)(C)N(CC)CC. The summed E-state index contributed by atoms with van der Waals surface area (Å²) in [5, 5.41) is 11.0. The average molecular weight is 353 g/mol. The maximum absolute atomic E-state index is 11.0. The van der Waals surface area contributed by atoms with Crippen molar-refractivity contribution in [2.45, 2.75) is 58.9 Å². The van der Waals surface area contributed by atoms with Gasteiger partial charge in [0, 0.05) is 12.7 Å². The van der Waals surface area contributed by atoms with E-state index in [4.69, 9.17) is 4.74 Å². The van der Waals surface area contributed by atoms with Gasteiger partial charge < -0.3 is 9.30 Å². The molecule has 136 valence electrons. The Morgan fingerprint density at radius 1 is 1.21 bits per heavy atom. The lowest BCUT2D eigenvalue weighted by Crippen LogP contribution is -2.52. The lowest BCUT2D eigenvalue weighted by atomic mass is 10.2. The van der Waals surface area contributed by atoms with Gasteiger partial charge in [-0.05, 0) is 31.1 Å². The maximum atomic E-state index is 11.0. The molecule has 1 atom stereocenters. The molecule has 0 bridgehead atoms. The highest BCUT2D eigenvalue weighted by Crippen LogP contribution is 2.32. The number of nitro benzene ring substituents is 1. The largest absolute Gasteiger partial charge is 0.377 e. The van der Waals surface area contributed by atoms with Gasteiger partial charge in [0.05, 0.1) is 17.1 Å². The van der Waals surface area contributed by atoms with Crippen LogP contribution in [0.2, 0.25) is 18.6 Å². The van der Waals surface area contributed by atoms with E-state index in [1.165, 1.54) is 6.07 Å². The van der Waals surface area contributed by atoms with Crippen LogP contribution in [0.3, 0.4) is 0 Å². The maximum Gasteiger partial charge on any atom is 0.274 e. The Kier molecular flexibility index (Phi) is 8.59. The van der Waals surface area contributed by atoms with Gasteiger partial charge in [-0.3, -0.25) is 10.1 Å². The molecule has 0 aliphatic heterocycles. The lowest BCUT2D eigenvalue weighted by molar-refractivity contribution is -0.385. The minimum atomic E-state index is -1.48. The van der Waals surface area contributed by atoms with Gasteiger partial charge in [-0.1, -0.05) is 52.4 Å². The van der Waals surface area contributed by atoms with Crippen LogP contribution in [0, 0.1) is 10.1 Å². The van der Waals surface area contributed by atoms with Crippen LogP contribution in [0.5, 0.6) is 0 Å². The third-order valence-electron chi connectivity index (χ3n) is 5.13. The number of hydrogen-bond acceptors (Lipinski definition) is 4. The first-order valence-corrected chi connectivity index (χ1v) is 12.0. The molecule has 0 saturated heterocycles. The fourth-order valence-electron chi connectivity index (χ4n) is 3.57. The smallest absolute Gasteiger partial charge is 0.274 e. The first kappa shape index (κ1) is 20.8. The van der Waals surface area contributed by atoms with Gasteiger partial charge >= 0.3 is 0 Å². The second kappa shape index (κ2) is 9.91. The van der Waals surface area contributed by atoms with Gasteiger partial charge in [-0.15, -0.1) is 0 Å². The van der Waals surface area contributed by atoms with Gasteiger partial charge in [0.25, 0.3) is 5.69 Å². The normalized spacial score (nSPS) is 13.2. The third-order valence-corrected chi connectivity index (χ3v) is 10.1. The summed E-state index contributed by atoms with van der Waals surface area (Å²) in [4.78, 5) is 10.7. The van der Waals surface area contributed by atoms with Crippen molar-refractivity contribution >= 4 is 13.9 Å². The highest BCUT2D eigenvalue weighted by atomic mass is 28.3. The van der Waals surface area contributed by atoms with Gasteiger partial charge in [-0.2, -0.15) is 0 Å². The average Bonchev–Trinajstić information content (AvgIpc) is 2.55. The first-order valence-electron chi connectivity index (χ1n) is 8.93. The van der Waals surface area contributed by atoms with E-state index in [-0.39, 0.29) is 10.6 Å². The minimum absolute atomic E-state index is 0.141. The Bertz CT molecular complexity index is 519. The topological polar surface area (TPSA) is 55.6 Å². The van der Waals surface area contributed by atoms with Crippen LogP contribution in [0.25, 0.3) is 0 Å². The molecular weight excluding hydrogens is 320 g/mol. The number of nitrogens with zero attached hydrogens (tertiary/aromatic N) is 2. The zero-order valence-corrected chi connectivity index (χ0v) is 16.7. The Labute approximate surface area is 147 Å². The monoisotopic (exact) mass is 352 g/mol. The van der Waals surface area contributed by atoms with Crippen molar-refractivity contribution in [3.63, 3.8) is 0 Å². The number of ether oxygens (including phenoxy) is 1. The van der Waals surface area contributed by atoms with E-state index in [0.717, 1.165) is 25.9 Å². The van der Waals surface area contributed by atoms with Gasteiger partial charge in [0.15, 0.2) is 0 Å². The summed E-state index contributed by atoms with van der Waals surface area (Å²) < 4.78 is 8.41. The highest BCUT2D eigenvalue weighted by molar-refractivity contribution is 6.76. The molecule has 5 nitrogen and oxygen atoms in total. The molecule has 6 heteroatoms. The van der Waals surface area contributed by atoms with Crippen molar-refractivity contribution in [1.82, 2.24) is 4.57 Å². The van der Waals surface area contributed by atoms with Crippen molar-refractivity contribution in [2.24, 2.45) is 0 Å². The predicted molar refractivity (Wildman–Crippen MR) is 102 cm³/mol. The summed E-state index contributed by atoms with van der Waals surface area (Å²) in [7, 11) is -1.48. The van der Waals surface area contributed by atoms with Crippen LogP contribution >= 0.6 is 0 Å². The minimum Gasteiger partial charge on any atom is -0.377 e. The van der Waals surface area contributed by atoms with E-state index in [1.54, 1.807) is 12.1 Å². The molecule has 0 aliphatic rings. The van der Waals surface area contributed by atoms with Crippen molar-refractivity contribution in [1.29, 1.82) is 0 Å². The Balaban J connectivity index is 2.58. The molecule has 0 amide bonds. The molecule has 1 aromatic carbocycles. The number of hydrogen-bond donors (Lipinski definition) is 0. The van der Waals surface area contributed by atoms with Crippen LogP contribution in [0.4, 0.5) is 5.69 Å². The lowest BCUT2D eigenvalue weighted by Gasteiger charge is -2.41. The third kappa shape index (κ3) is 5.39. The summed E-state index contributed by atoms with van der Waals surface area (Å²) in [6.07, 6.45) is 2.18. The number of nitro groups is 1. The quantitative estimate of drug-likeness (QED) is 0.248. The van der Waals surface area contributed by atoms with Crippen LogP contribution in [0.15, 0.2) is 24.3 Å². The zero-order valence-electron chi connectivity index (χ0n) is 15.7. The highest BCUT2D eigenvalue weighted by Gasteiger charge is 2.35. The fraction of sp³-hybridized carbons (Fsp3) is 0.667. The van der Waals surface area contributed by atoms with Crippen LogP contribution < -0.4 is 0 Å². The van der Waals surface area contributed by atoms with Gasteiger partial charge in [0.1, 0.15) is 8.24 Å². The Hall–Kier alpha value is -1.24. The molecule has 0 aliphatic carbocycles. The van der Waals surface area contributed by atoms with E-state index in [9.17, 15) is 10.1 Å². The van der Waals surface area contributed by atoms with Crippen LogP contribution in [-0.2, 0) is 11.3 Å². The molecule has 0 heterocycles. The van der Waals surface area contributed by atoms with Crippen LogP contribution in [-0.4, -0.2) is 37.4 Å². The molecule has 0 aromatic heterocycles. The summed E-state index contributed by atoms with van der Waals surface area (Å²) in [6.45, 7) is 14.8. The molecule has 0 saturated carbocycles. The van der Waals surface area contributed by atoms with E-state index in [2.05, 4.69) is 38.4 Å². The second-order valence-electron chi connectivity index (χ2n) is 6.66. The zero-order chi connectivity index (χ0) is 18.2. The molecule has 0 radical (unpaired) electrons. The van der Waals surface area contributed by atoms with Crippen molar-refractivity contribution in [2.75, 3.05) is 19.7 Å². The predicted octanol–water partition coefficient (Wildman–Crippen LogP) is 4.83. The summed E-state index contributed by atoms with van der Waals surface area (Å²) in [6, 6.07) is 6.80. The van der Waals surface area contributed by atoms with Gasteiger partial charge in [-0.25, -0.2) is 0 Å². The fourth-order valence-corrected chi connectivity index (χ4v) is 7.54. The van der Waals surface area contributed by atoms with E-state index in [1.807, 2.05) is 6.07 Å². The molecular formula is C18H32N2O3Si. The molecule has 1 aromatic rings. The van der Waals surface area contributed by atoms with Crippen molar-refractivity contribution in [3.05, 3.63) is 39.9 Å². The Morgan fingerprint density at radius 3 is 2.38 bits per heavy atom. The second-order valence-corrected chi connectivity index (χ2v) is 11.4. The van der Waals surface area contributed by atoms with Crippen LogP contribution in [0.1, 0.15) is 39.2 Å². The van der Waals surface area contributed by atoms with E-state index >= 15 is 0 Å². The molecule has 24 heavy (non-hydrogen) atoms. The number of para-hydroxylation sites is 1. The number of benzene rings is 1. The summed E-state index contributed by atoms with van der Waals surface area (Å²) >= 11 is 0. The molecule has 1 rings (SSSR count). The molecule has 0 fully saturated rings. The first-order chi connectivity index (χ1) is 11.4. The van der Waals surface area contributed by atoms with E-state index in [0.29, 0.717) is 24.3 Å². The van der Waals surface area contributed by atoms with E-state index < -0.39 is 8.24 Å². The standard InChI is InChI=1S/C18H32N2O3Si/c1-6-17(24(4,5)19(7-2)8-3)13-14-23-15-16-11-9-10-12-18(16)20(21)22/h9-12,17H,6-8,13-15H2,1-5H3. The van der Waals surface area contributed by atoms with Gasteiger partial charge in [0.2, 0.25) is 0 Å². The van der Waals surface area contributed by atoms with Crippen molar-refractivity contribution in [3.8, 4) is 0 Å². The Morgan fingerprint density at radius 2 is 1.83 bits per heavy atom.